The molecule has 0 bridgehead atoms. The van der Waals surface area contributed by atoms with E-state index in [-0.39, 0.29) is 11.2 Å². The molecule has 4 nitrogen and oxygen atoms in total. The van der Waals surface area contributed by atoms with Gasteiger partial charge in [0.1, 0.15) is 5.54 Å². The monoisotopic (exact) mass is 188 g/mol. The van der Waals surface area contributed by atoms with Gasteiger partial charge in [0, 0.05) is 5.25 Å². The second-order valence-electron chi connectivity index (χ2n) is 2.91. The van der Waals surface area contributed by atoms with E-state index in [1.54, 1.807) is 6.92 Å². The van der Waals surface area contributed by atoms with Crippen LogP contribution < -0.4 is 10.6 Å². The first-order valence-electron chi connectivity index (χ1n) is 3.84. The molecule has 1 heterocycles. The summed E-state index contributed by atoms with van der Waals surface area (Å²) in [7, 11) is 0. The Balaban J connectivity index is 2.94. The lowest BCUT2D eigenvalue weighted by atomic mass is 9.93. The first kappa shape index (κ1) is 9.38. The quantitative estimate of drug-likeness (QED) is 0.431. The molecule has 1 fully saturated rings. The van der Waals surface area contributed by atoms with E-state index < -0.39 is 11.6 Å². The van der Waals surface area contributed by atoms with Crippen molar-refractivity contribution in [3.63, 3.8) is 0 Å². The summed E-state index contributed by atoms with van der Waals surface area (Å²) in [5.41, 5.74) is -0.819. The van der Waals surface area contributed by atoms with E-state index in [4.69, 9.17) is 0 Å². The van der Waals surface area contributed by atoms with Crippen LogP contribution in [-0.2, 0) is 4.79 Å². The van der Waals surface area contributed by atoms with Crippen molar-refractivity contribution in [1.82, 2.24) is 10.6 Å². The molecule has 5 heteroatoms. The van der Waals surface area contributed by atoms with Crippen molar-refractivity contribution < 1.29 is 9.59 Å². The predicted octanol–water partition coefficient (Wildman–Crippen LogP) is 0.293. The molecule has 2 N–H and O–H groups in total. The molecule has 3 amide bonds. The van der Waals surface area contributed by atoms with Crippen LogP contribution in [0.25, 0.3) is 0 Å². The van der Waals surface area contributed by atoms with Crippen molar-refractivity contribution >= 4 is 24.6 Å². The molecule has 0 aliphatic carbocycles. The normalized spacial score (nSPS) is 31.2. The standard InChI is InChI=1S/C7H12N2O2S/c1-3-7(4(2)12)5(10)8-6(11)9-7/h4,12H,3H2,1-2H3,(H2,8,9,10,11). The molecule has 1 rings (SSSR count). The Bertz CT molecular complexity index is 229. The smallest absolute Gasteiger partial charge is 0.322 e. The third-order valence-electron chi connectivity index (χ3n) is 2.24. The van der Waals surface area contributed by atoms with Gasteiger partial charge in [-0.3, -0.25) is 10.1 Å². The minimum Gasteiger partial charge on any atom is -0.322 e. The van der Waals surface area contributed by atoms with Gasteiger partial charge < -0.3 is 5.32 Å². The third kappa shape index (κ3) is 1.18. The first-order valence-corrected chi connectivity index (χ1v) is 4.36. The van der Waals surface area contributed by atoms with E-state index in [2.05, 4.69) is 23.3 Å². The summed E-state index contributed by atoms with van der Waals surface area (Å²) >= 11 is 4.18. The fourth-order valence-electron chi connectivity index (χ4n) is 1.34. The zero-order valence-electron chi connectivity index (χ0n) is 7.05. The minimum absolute atomic E-state index is 0.186. The molecular formula is C7H12N2O2S. The van der Waals surface area contributed by atoms with E-state index in [1.807, 2.05) is 6.92 Å². The van der Waals surface area contributed by atoms with Crippen LogP contribution in [0.3, 0.4) is 0 Å². The van der Waals surface area contributed by atoms with Crippen molar-refractivity contribution in [2.45, 2.75) is 31.1 Å². The van der Waals surface area contributed by atoms with E-state index in [1.165, 1.54) is 0 Å². The van der Waals surface area contributed by atoms with E-state index in [9.17, 15) is 9.59 Å². The van der Waals surface area contributed by atoms with Crippen molar-refractivity contribution in [3.05, 3.63) is 0 Å². The van der Waals surface area contributed by atoms with Crippen LogP contribution in [0.1, 0.15) is 20.3 Å². The summed E-state index contributed by atoms with van der Waals surface area (Å²) in [6, 6.07) is -0.428. The second-order valence-corrected chi connectivity index (χ2v) is 3.68. The van der Waals surface area contributed by atoms with Gasteiger partial charge in [-0.25, -0.2) is 4.79 Å². The lowest BCUT2D eigenvalue weighted by molar-refractivity contribution is -0.123. The fraction of sp³-hybridized carbons (Fsp3) is 0.714. The lowest BCUT2D eigenvalue weighted by Crippen LogP contribution is -2.52. The SMILES string of the molecule is CCC1(C(C)S)NC(=O)NC1=O. The fourth-order valence-corrected chi connectivity index (χ4v) is 1.71. The predicted molar refractivity (Wildman–Crippen MR) is 48.1 cm³/mol. The highest BCUT2D eigenvalue weighted by molar-refractivity contribution is 7.81. The van der Waals surface area contributed by atoms with Crippen molar-refractivity contribution in [2.24, 2.45) is 0 Å². The van der Waals surface area contributed by atoms with Gasteiger partial charge >= 0.3 is 6.03 Å². The molecule has 1 aliphatic heterocycles. The topological polar surface area (TPSA) is 58.2 Å². The van der Waals surface area contributed by atoms with Gasteiger partial charge in [-0.05, 0) is 6.42 Å². The molecule has 0 saturated carbocycles. The number of urea groups is 1. The molecule has 0 spiro atoms. The number of imide groups is 1. The minimum atomic E-state index is -0.819. The maximum absolute atomic E-state index is 11.3. The Morgan fingerprint density at radius 2 is 2.17 bits per heavy atom. The lowest BCUT2D eigenvalue weighted by Gasteiger charge is -2.27. The number of hydrogen-bond donors (Lipinski definition) is 3. The number of amides is 3. The summed E-state index contributed by atoms with van der Waals surface area (Å²) in [6.45, 7) is 3.63. The summed E-state index contributed by atoms with van der Waals surface area (Å²) in [5.74, 6) is -0.280. The maximum atomic E-state index is 11.3. The van der Waals surface area contributed by atoms with Gasteiger partial charge in [0.25, 0.3) is 5.91 Å². The Morgan fingerprint density at radius 3 is 2.33 bits per heavy atom. The van der Waals surface area contributed by atoms with E-state index in [0.717, 1.165) is 0 Å². The number of rotatable bonds is 2. The highest BCUT2D eigenvalue weighted by atomic mass is 32.1. The summed E-state index contributed by atoms with van der Waals surface area (Å²) in [4.78, 5) is 22.2. The van der Waals surface area contributed by atoms with E-state index in [0.29, 0.717) is 6.42 Å². The van der Waals surface area contributed by atoms with Gasteiger partial charge in [0.2, 0.25) is 0 Å². The number of nitrogens with one attached hydrogen (secondary N) is 2. The number of hydrogen-bond acceptors (Lipinski definition) is 3. The van der Waals surface area contributed by atoms with Crippen LogP contribution in [0.2, 0.25) is 0 Å². The van der Waals surface area contributed by atoms with Crippen molar-refractivity contribution in [1.29, 1.82) is 0 Å². The van der Waals surface area contributed by atoms with Crippen LogP contribution in [-0.4, -0.2) is 22.7 Å². The Hall–Kier alpha value is -0.710. The summed E-state index contributed by atoms with van der Waals surface area (Å²) in [5, 5.41) is 4.61. The van der Waals surface area contributed by atoms with E-state index >= 15 is 0 Å². The van der Waals surface area contributed by atoms with Crippen LogP contribution in [0.4, 0.5) is 4.79 Å². The molecule has 0 aromatic rings. The maximum Gasteiger partial charge on any atom is 0.322 e. The molecule has 1 saturated heterocycles. The summed E-state index contributed by atoms with van der Waals surface area (Å²) in [6.07, 6.45) is 0.551. The van der Waals surface area contributed by atoms with Crippen molar-refractivity contribution in [2.75, 3.05) is 0 Å². The largest absolute Gasteiger partial charge is 0.322 e. The third-order valence-corrected chi connectivity index (χ3v) is 2.68. The highest BCUT2D eigenvalue weighted by Crippen LogP contribution is 2.23. The van der Waals surface area contributed by atoms with Crippen LogP contribution in [0, 0.1) is 0 Å². The van der Waals surface area contributed by atoms with Gasteiger partial charge in [-0.1, -0.05) is 13.8 Å². The van der Waals surface area contributed by atoms with Crippen LogP contribution in [0.5, 0.6) is 0 Å². The molecule has 1 aliphatic rings. The average molecular weight is 188 g/mol. The molecule has 12 heavy (non-hydrogen) atoms. The Kier molecular flexibility index (Phi) is 2.32. The van der Waals surface area contributed by atoms with Crippen LogP contribution >= 0.6 is 12.6 Å². The second kappa shape index (κ2) is 2.97. The zero-order chi connectivity index (χ0) is 9.35. The molecule has 0 radical (unpaired) electrons. The average Bonchev–Trinajstić information content (AvgIpc) is 2.26. The van der Waals surface area contributed by atoms with Gasteiger partial charge in [0.15, 0.2) is 0 Å². The molecule has 68 valence electrons. The molecular weight excluding hydrogens is 176 g/mol. The van der Waals surface area contributed by atoms with Gasteiger partial charge in [-0.15, -0.1) is 0 Å². The van der Waals surface area contributed by atoms with Crippen LogP contribution in [0.15, 0.2) is 0 Å². The zero-order valence-corrected chi connectivity index (χ0v) is 7.94. The first-order chi connectivity index (χ1) is 5.53. The van der Waals surface area contributed by atoms with Gasteiger partial charge in [0.05, 0.1) is 0 Å². The van der Waals surface area contributed by atoms with Gasteiger partial charge in [-0.2, -0.15) is 12.6 Å². The molecule has 0 aromatic heterocycles. The Morgan fingerprint density at radius 1 is 1.58 bits per heavy atom. The van der Waals surface area contributed by atoms with Crippen molar-refractivity contribution in [3.8, 4) is 0 Å². The number of carbonyl (C=O) groups is 2. The number of thiol groups is 1. The molecule has 2 atom stereocenters. The number of carbonyl (C=O) groups excluding carboxylic acids is 2. The summed E-state index contributed by atoms with van der Waals surface area (Å²) < 4.78 is 0. The molecule has 2 unspecified atom stereocenters. The molecule has 0 aromatic carbocycles. The highest BCUT2D eigenvalue weighted by Gasteiger charge is 2.47. The Labute approximate surface area is 76.5 Å².